The zero-order valence-corrected chi connectivity index (χ0v) is 24.6. The molecule has 0 aliphatic heterocycles. The number of carbonyl (C=O) groups excluding carboxylic acids is 2. The summed E-state index contributed by atoms with van der Waals surface area (Å²) < 4.78 is 0. The lowest BCUT2D eigenvalue weighted by atomic mass is 9.89. The SMILES string of the molecule is CC(=O)/C1=C(/C)CC/C=C(\C)CC/C=C(\C)CC1.CC(=O)C1CC/C(C)=C/CC/C(C)=C/C/C=C/1C. The van der Waals surface area contributed by atoms with Crippen LogP contribution in [0.1, 0.15) is 126 Å². The van der Waals surface area contributed by atoms with Crippen LogP contribution in [0.15, 0.2) is 69.4 Å². The van der Waals surface area contributed by atoms with Gasteiger partial charge >= 0.3 is 0 Å². The second-order valence-corrected chi connectivity index (χ2v) is 11.0. The fourth-order valence-electron chi connectivity index (χ4n) is 4.91. The van der Waals surface area contributed by atoms with E-state index in [-0.39, 0.29) is 11.7 Å². The third-order valence-electron chi connectivity index (χ3n) is 7.56. The van der Waals surface area contributed by atoms with Crippen LogP contribution in [0.5, 0.6) is 0 Å². The molecular formula is C34H52O2. The molecule has 0 N–H and O–H groups in total. The summed E-state index contributed by atoms with van der Waals surface area (Å²) in [7, 11) is 0. The van der Waals surface area contributed by atoms with E-state index in [1.165, 1.54) is 39.9 Å². The molecule has 0 amide bonds. The zero-order valence-electron chi connectivity index (χ0n) is 24.6. The van der Waals surface area contributed by atoms with Crippen molar-refractivity contribution >= 4 is 11.6 Å². The van der Waals surface area contributed by atoms with Crippen LogP contribution in [0.25, 0.3) is 0 Å². The maximum Gasteiger partial charge on any atom is 0.155 e. The lowest BCUT2D eigenvalue weighted by molar-refractivity contribution is -0.119. The Morgan fingerprint density at radius 2 is 1.11 bits per heavy atom. The molecule has 36 heavy (non-hydrogen) atoms. The standard InChI is InChI=1S/2C17H26O/c2*1-13-7-5-8-14(2)11-12-17(16(4)18)15(3)10-6-9-13/h8-9H,5-7,10-12H2,1-4H3;8-10,17H,5-7,11-12H2,1-4H3/b13-9+,14-8+,17-15-;13-9+,14-8+,15-10+. The van der Waals surface area contributed by atoms with Gasteiger partial charge in [0, 0.05) is 5.92 Å². The average Bonchev–Trinajstić information content (AvgIpc) is 2.78. The molecule has 0 fully saturated rings. The molecule has 2 heteroatoms. The molecular weight excluding hydrogens is 440 g/mol. The average molecular weight is 493 g/mol. The largest absolute Gasteiger partial charge is 0.299 e. The van der Waals surface area contributed by atoms with Gasteiger partial charge in [-0.05, 0) is 132 Å². The Morgan fingerprint density at radius 1 is 0.611 bits per heavy atom. The van der Waals surface area contributed by atoms with Crippen LogP contribution >= 0.6 is 0 Å². The molecule has 0 bridgehead atoms. The molecule has 0 aromatic rings. The predicted molar refractivity (Wildman–Crippen MR) is 157 cm³/mol. The van der Waals surface area contributed by atoms with Crippen molar-refractivity contribution in [1.29, 1.82) is 0 Å². The highest BCUT2D eigenvalue weighted by molar-refractivity contribution is 5.94. The maximum atomic E-state index is 11.7. The van der Waals surface area contributed by atoms with Crippen LogP contribution in [0.3, 0.4) is 0 Å². The molecule has 0 radical (unpaired) electrons. The second kappa shape index (κ2) is 17.3. The number of allylic oxidation sites excluding steroid dienone is 12. The van der Waals surface area contributed by atoms with E-state index in [9.17, 15) is 9.59 Å². The molecule has 0 aromatic heterocycles. The first-order valence-corrected chi connectivity index (χ1v) is 14.0. The highest BCUT2D eigenvalue weighted by atomic mass is 16.1. The highest BCUT2D eigenvalue weighted by Crippen LogP contribution is 2.24. The summed E-state index contributed by atoms with van der Waals surface area (Å²) in [6, 6.07) is 0. The quantitative estimate of drug-likeness (QED) is 0.359. The molecule has 1 unspecified atom stereocenters. The third kappa shape index (κ3) is 13.2. The van der Waals surface area contributed by atoms with Crippen LogP contribution in [0.4, 0.5) is 0 Å². The van der Waals surface area contributed by atoms with Crippen LogP contribution < -0.4 is 0 Å². The van der Waals surface area contributed by atoms with Gasteiger partial charge in [-0.3, -0.25) is 9.59 Å². The Hall–Kier alpha value is -2.22. The Labute approximate surface area is 222 Å². The minimum absolute atomic E-state index is 0.112. The van der Waals surface area contributed by atoms with E-state index in [1.54, 1.807) is 13.8 Å². The second-order valence-electron chi connectivity index (χ2n) is 11.0. The van der Waals surface area contributed by atoms with E-state index in [2.05, 4.69) is 71.9 Å². The predicted octanol–water partition coefficient (Wildman–Crippen LogP) is 10.1. The fraction of sp³-hybridized carbons (Fsp3) is 0.588. The van der Waals surface area contributed by atoms with Crippen molar-refractivity contribution < 1.29 is 9.59 Å². The third-order valence-corrected chi connectivity index (χ3v) is 7.56. The summed E-state index contributed by atoms with van der Waals surface area (Å²) in [6.07, 6.45) is 23.0. The Bertz CT molecular complexity index is 930. The van der Waals surface area contributed by atoms with Crippen molar-refractivity contribution in [1.82, 2.24) is 0 Å². The van der Waals surface area contributed by atoms with E-state index in [0.717, 1.165) is 69.8 Å². The summed E-state index contributed by atoms with van der Waals surface area (Å²) >= 11 is 0. The Kier molecular flexibility index (Phi) is 15.3. The van der Waals surface area contributed by atoms with Gasteiger partial charge in [0.1, 0.15) is 5.78 Å². The molecule has 2 aliphatic carbocycles. The van der Waals surface area contributed by atoms with Crippen molar-refractivity contribution in [2.45, 2.75) is 126 Å². The number of ketones is 2. The van der Waals surface area contributed by atoms with Crippen LogP contribution in [0, 0.1) is 5.92 Å². The maximum absolute atomic E-state index is 11.7. The molecule has 200 valence electrons. The lowest BCUT2D eigenvalue weighted by Crippen LogP contribution is -2.12. The van der Waals surface area contributed by atoms with E-state index >= 15 is 0 Å². The number of hydrogen-bond acceptors (Lipinski definition) is 2. The summed E-state index contributed by atoms with van der Waals surface area (Å²) in [4.78, 5) is 23.4. The van der Waals surface area contributed by atoms with Crippen molar-refractivity contribution in [2.24, 2.45) is 5.92 Å². The van der Waals surface area contributed by atoms with Crippen molar-refractivity contribution in [3.05, 3.63) is 69.4 Å². The molecule has 0 saturated carbocycles. The molecule has 0 spiro atoms. The van der Waals surface area contributed by atoms with Crippen LogP contribution in [-0.2, 0) is 9.59 Å². The molecule has 2 aliphatic rings. The normalized spacial score (nSPS) is 30.6. The van der Waals surface area contributed by atoms with Gasteiger partial charge in [-0.1, -0.05) is 63.8 Å². The van der Waals surface area contributed by atoms with Gasteiger partial charge in [-0.15, -0.1) is 0 Å². The number of rotatable bonds is 2. The summed E-state index contributed by atoms with van der Waals surface area (Å²) in [5, 5.41) is 0. The van der Waals surface area contributed by atoms with Gasteiger partial charge in [-0.2, -0.15) is 0 Å². The number of carbonyl (C=O) groups is 2. The van der Waals surface area contributed by atoms with Gasteiger partial charge in [0.2, 0.25) is 0 Å². The Morgan fingerprint density at radius 3 is 1.67 bits per heavy atom. The van der Waals surface area contributed by atoms with Gasteiger partial charge in [-0.25, -0.2) is 0 Å². The first-order valence-electron chi connectivity index (χ1n) is 14.0. The Balaban J connectivity index is 0.000000360. The number of Topliss-reactive ketones (excluding diaryl/α,β-unsaturated/α-hetero) is 2. The highest BCUT2D eigenvalue weighted by Gasteiger charge is 2.16. The molecule has 2 nitrogen and oxygen atoms in total. The monoisotopic (exact) mass is 492 g/mol. The summed E-state index contributed by atoms with van der Waals surface area (Å²) in [6.45, 7) is 16.4. The molecule has 0 aromatic carbocycles. The van der Waals surface area contributed by atoms with Gasteiger partial charge < -0.3 is 0 Å². The van der Waals surface area contributed by atoms with E-state index in [4.69, 9.17) is 0 Å². The summed E-state index contributed by atoms with van der Waals surface area (Å²) in [5.74, 6) is 0.661. The fourth-order valence-corrected chi connectivity index (χ4v) is 4.91. The molecule has 1 atom stereocenters. The molecule has 2 rings (SSSR count). The van der Waals surface area contributed by atoms with Gasteiger partial charge in [0.25, 0.3) is 0 Å². The van der Waals surface area contributed by atoms with Crippen molar-refractivity contribution in [2.75, 3.05) is 0 Å². The van der Waals surface area contributed by atoms with Crippen molar-refractivity contribution in [3.63, 3.8) is 0 Å². The molecule has 0 heterocycles. The van der Waals surface area contributed by atoms with Crippen LogP contribution in [0.2, 0.25) is 0 Å². The smallest absolute Gasteiger partial charge is 0.155 e. The minimum Gasteiger partial charge on any atom is -0.299 e. The van der Waals surface area contributed by atoms with E-state index < -0.39 is 0 Å². The van der Waals surface area contributed by atoms with Gasteiger partial charge in [0.05, 0.1) is 0 Å². The van der Waals surface area contributed by atoms with Crippen molar-refractivity contribution in [3.8, 4) is 0 Å². The van der Waals surface area contributed by atoms with E-state index in [0.29, 0.717) is 5.78 Å². The first kappa shape index (κ1) is 31.8. The first-order chi connectivity index (χ1) is 17.0. The number of hydrogen-bond donors (Lipinski definition) is 0. The zero-order chi connectivity index (χ0) is 27.1. The molecule has 0 saturated heterocycles. The topological polar surface area (TPSA) is 34.1 Å². The lowest BCUT2D eigenvalue weighted by Gasteiger charge is -2.15. The minimum atomic E-state index is 0.112. The summed E-state index contributed by atoms with van der Waals surface area (Å²) in [5.41, 5.74) is 9.31. The van der Waals surface area contributed by atoms with E-state index in [1.807, 2.05) is 0 Å². The van der Waals surface area contributed by atoms with Crippen LogP contribution in [-0.4, -0.2) is 11.6 Å². The van der Waals surface area contributed by atoms with Gasteiger partial charge in [0.15, 0.2) is 5.78 Å².